The van der Waals surface area contributed by atoms with Gasteiger partial charge in [-0.25, -0.2) is 0 Å². The molecule has 2 fully saturated rings. The second kappa shape index (κ2) is 3.00. The van der Waals surface area contributed by atoms with E-state index in [4.69, 9.17) is 9.84 Å². The molecule has 0 aromatic heterocycles. The summed E-state index contributed by atoms with van der Waals surface area (Å²) >= 11 is 0. The standard InChI is InChI=1S/C10H18O2/c1-10-5-2-3-9(10)12-7-8(10)4-6-11/h8-9,11H,2-7H2,1H3/t8-,9?,10-/m1/s1. The fourth-order valence-electron chi connectivity index (χ4n) is 2.89. The number of ether oxygens (including phenoxy) is 1. The molecule has 0 aromatic rings. The molecule has 1 N–H and O–H groups in total. The molecular weight excluding hydrogens is 152 g/mol. The van der Waals surface area contributed by atoms with Crippen molar-refractivity contribution in [1.29, 1.82) is 0 Å². The summed E-state index contributed by atoms with van der Waals surface area (Å²) in [6.07, 6.45) is 5.26. The molecule has 0 bridgehead atoms. The van der Waals surface area contributed by atoms with Crippen LogP contribution in [0.15, 0.2) is 0 Å². The van der Waals surface area contributed by atoms with Crippen molar-refractivity contribution in [2.24, 2.45) is 11.3 Å². The van der Waals surface area contributed by atoms with Crippen molar-refractivity contribution >= 4 is 0 Å². The molecule has 1 saturated carbocycles. The van der Waals surface area contributed by atoms with Gasteiger partial charge < -0.3 is 9.84 Å². The lowest BCUT2D eigenvalue weighted by Gasteiger charge is -2.28. The zero-order valence-electron chi connectivity index (χ0n) is 7.75. The molecule has 2 nitrogen and oxygen atoms in total. The highest BCUT2D eigenvalue weighted by Crippen LogP contribution is 2.51. The predicted molar refractivity (Wildman–Crippen MR) is 46.9 cm³/mol. The van der Waals surface area contributed by atoms with E-state index in [1.54, 1.807) is 0 Å². The Kier molecular flexibility index (Phi) is 2.13. The van der Waals surface area contributed by atoms with Crippen molar-refractivity contribution in [3.63, 3.8) is 0 Å². The highest BCUT2D eigenvalue weighted by atomic mass is 16.5. The van der Waals surface area contributed by atoms with E-state index >= 15 is 0 Å². The van der Waals surface area contributed by atoms with Crippen LogP contribution in [0, 0.1) is 11.3 Å². The van der Waals surface area contributed by atoms with Gasteiger partial charge in [0.15, 0.2) is 0 Å². The lowest BCUT2D eigenvalue weighted by molar-refractivity contribution is 0.0768. The lowest BCUT2D eigenvalue weighted by Crippen LogP contribution is -2.28. The number of rotatable bonds is 2. The fourth-order valence-corrected chi connectivity index (χ4v) is 2.89. The van der Waals surface area contributed by atoms with Crippen LogP contribution in [0.2, 0.25) is 0 Å². The maximum atomic E-state index is 8.91. The summed E-state index contributed by atoms with van der Waals surface area (Å²) in [5.74, 6) is 0.606. The monoisotopic (exact) mass is 170 g/mol. The Morgan fingerprint density at radius 3 is 3.17 bits per heavy atom. The Morgan fingerprint density at radius 2 is 2.42 bits per heavy atom. The molecule has 0 aromatic carbocycles. The topological polar surface area (TPSA) is 29.5 Å². The molecule has 1 saturated heterocycles. The summed E-state index contributed by atoms with van der Waals surface area (Å²) in [4.78, 5) is 0. The van der Waals surface area contributed by atoms with Crippen molar-refractivity contribution in [2.75, 3.05) is 13.2 Å². The van der Waals surface area contributed by atoms with Gasteiger partial charge in [-0.1, -0.05) is 13.3 Å². The molecular formula is C10H18O2. The Labute approximate surface area is 73.9 Å². The highest BCUT2D eigenvalue weighted by molar-refractivity contribution is 4.98. The van der Waals surface area contributed by atoms with E-state index in [0.29, 0.717) is 24.0 Å². The van der Waals surface area contributed by atoms with Crippen molar-refractivity contribution in [2.45, 2.75) is 38.7 Å². The summed E-state index contributed by atoms with van der Waals surface area (Å²) in [5, 5.41) is 8.91. The van der Waals surface area contributed by atoms with Gasteiger partial charge in [0.05, 0.1) is 12.7 Å². The second-order valence-corrected chi connectivity index (χ2v) is 4.43. The van der Waals surface area contributed by atoms with Crippen LogP contribution in [0.4, 0.5) is 0 Å². The fraction of sp³-hybridized carbons (Fsp3) is 1.00. The van der Waals surface area contributed by atoms with Crippen molar-refractivity contribution in [1.82, 2.24) is 0 Å². The largest absolute Gasteiger partial charge is 0.396 e. The average molecular weight is 170 g/mol. The second-order valence-electron chi connectivity index (χ2n) is 4.43. The molecule has 1 aliphatic heterocycles. The van der Waals surface area contributed by atoms with Gasteiger partial charge in [0.25, 0.3) is 0 Å². The number of hydrogen-bond donors (Lipinski definition) is 1. The van der Waals surface area contributed by atoms with Crippen LogP contribution in [-0.2, 0) is 4.74 Å². The first kappa shape index (κ1) is 8.52. The summed E-state index contributed by atoms with van der Waals surface area (Å²) in [7, 11) is 0. The first-order valence-electron chi connectivity index (χ1n) is 5.00. The lowest BCUT2D eigenvalue weighted by atomic mass is 9.75. The number of hydrogen-bond acceptors (Lipinski definition) is 2. The minimum absolute atomic E-state index is 0.316. The first-order chi connectivity index (χ1) is 5.77. The summed E-state index contributed by atoms with van der Waals surface area (Å²) < 4.78 is 5.73. The van der Waals surface area contributed by atoms with E-state index in [1.165, 1.54) is 19.3 Å². The highest BCUT2D eigenvalue weighted by Gasteiger charge is 2.49. The number of fused-ring (bicyclic) bond motifs is 1. The molecule has 12 heavy (non-hydrogen) atoms. The SMILES string of the molecule is C[C@]12CCCC1OC[C@H]2CCO. The Bertz CT molecular complexity index is 167. The van der Waals surface area contributed by atoms with Gasteiger partial charge in [-0.05, 0) is 30.6 Å². The summed E-state index contributed by atoms with van der Waals surface area (Å²) in [6, 6.07) is 0. The van der Waals surface area contributed by atoms with Gasteiger partial charge in [-0.15, -0.1) is 0 Å². The maximum absolute atomic E-state index is 8.91. The van der Waals surface area contributed by atoms with Crippen molar-refractivity contribution in [3.8, 4) is 0 Å². The van der Waals surface area contributed by atoms with E-state index in [-0.39, 0.29) is 0 Å². The molecule has 2 heteroatoms. The van der Waals surface area contributed by atoms with Crippen LogP contribution >= 0.6 is 0 Å². The molecule has 2 rings (SSSR count). The zero-order valence-corrected chi connectivity index (χ0v) is 7.75. The number of aliphatic hydroxyl groups is 1. The van der Waals surface area contributed by atoms with Crippen LogP contribution in [-0.4, -0.2) is 24.4 Å². The van der Waals surface area contributed by atoms with E-state index in [2.05, 4.69) is 6.92 Å². The van der Waals surface area contributed by atoms with E-state index < -0.39 is 0 Å². The molecule has 2 aliphatic rings. The molecule has 1 aliphatic carbocycles. The Morgan fingerprint density at radius 1 is 1.58 bits per heavy atom. The minimum atomic E-state index is 0.316. The molecule has 0 spiro atoms. The van der Waals surface area contributed by atoms with Crippen LogP contribution in [0.3, 0.4) is 0 Å². The van der Waals surface area contributed by atoms with E-state index in [1.807, 2.05) is 0 Å². The van der Waals surface area contributed by atoms with Gasteiger partial charge >= 0.3 is 0 Å². The normalized spacial score (nSPS) is 46.5. The molecule has 0 radical (unpaired) electrons. The summed E-state index contributed by atoms with van der Waals surface area (Å²) in [6.45, 7) is 3.52. The molecule has 1 heterocycles. The van der Waals surface area contributed by atoms with Crippen molar-refractivity contribution < 1.29 is 9.84 Å². The predicted octanol–water partition coefficient (Wildman–Crippen LogP) is 1.57. The van der Waals surface area contributed by atoms with Gasteiger partial charge in [-0.3, -0.25) is 0 Å². The Balaban J connectivity index is 2.07. The van der Waals surface area contributed by atoms with Crippen LogP contribution in [0.25, 0.3) is 0 Å². The third-order valence-electron chi connectivity index (χ3n) is 3.83. The first-order valence-corrected chi connectivity index (χ1v) is 5.00. The number of aliphatic hydroxyl groups excluding tert-OH is 1. The van der Waals surface area contributed by atoms with Crippen LogP contribution in [0.5, 0.6) is 0 Å². The average Bonchev–Trinajstić information content (AvgIpc) is 2.51. The molecule has 70 valence electrons. The van der Waals surface area contributed by atoms with Gasteiger partial charge in [-0.2, -0.15) is 0 Å². The van der Waals surface area contributed by atoms with Crippen LogP contribution in [0.1, 0.15) is 32.6 Å². The van der Waals surface area contributed by atoms with Crippen LogP contribution < -0.4 is 0 Å². The maximum Gasteiger partial charge on any atom is 0.0632 e. The third-order valence-corrected chi connectivity index (χ3v) is 3.83. The van der Waals surface area contributed by atoms with Crippen molar-refractivity contribution in [3.05, 3.63) is 0 Å². The molecule has 1 unspecified atom stereocenters. The van der Waals surface area contributed by atoms with Gasteiger partial charge in [0.1, 0.15) is 0 Å². The van der Waals surface area contributed by atoms with Gasteiger partial charge in [0.2, 0.25) is 0 Å². The third kappa shape index (κ3) is 1.09. The quantitative estimate of drug-likeness (QED) is 0.681. The Hall–Kier alpha value is -0.0800. The van der Waals surface area contributed by atoms with Gasteiger partial charge in [0, 0.05) is 6.61 Å². The molecule has 3 atom stereocenters. The van der Waals surface area contributed by atoms with E-state index in [0.717, 1.165) is 13.0 Å². The molecule has 0 amide bonds. The van der Waals surface area contributed by atoms with E-state index in [9.17, 15) is 0 Å². The minimum Gasteiger partial charge on any atom is -0.396 e. The zero-order chi connectivity index (χ0) is 8.60. The summed E-state index contributed by atoms with van der Waals surface area (Å²) in [5.41, 5.74) is 0.392. The smallest absolute Gasteiger partial charge is 0.0632 e.